The second kappa shape index (κ2) is 10.6. The van der Waals surface area contributed by atoms with Crippen molar-refractivity contribution in [3.05, 3.63) is 95.0 Å². The molecular weight excluding hydrogens is 489 g/mol. The van der Waals surface area contributed by atoms with Crippen LogP contribution >= 0.6 is 11.3 Å². The van der Waals surface area contributed by atoms with E-state index in [-0.39, 0.29) is 11.5 Å². The predicted molar refractivity (Wildman–Crippen MR) is 135 cm³/mol. The van der Waals surface area contributed by atoms with E-state index in [1.807, 2.05) is 5.38 Å². The number of carbonyl (C=O) groups is 2. The van der Waals surface area contributed by atoms with Crippen LogP contribution in [0, 0.1) is 0 Å². The molecule has 0 saturated carbocycles. The van der Waals surface area contributed by atoms with Gasteiger partial charge >= 0.3 is 6.18 Å². The van der Waals surface area contributed by atoms with E-state index < -0.39 is 17.6 Å². The first-order valence-corrected chi connectivity index (χ1v) is 11.7. The summed E-state index contributed by atoms with van der Waals surface area (Å²) in [7, 11) is 0. The molecule has 0 aliphatic rings. The summed E-state index contributed by atoms with van der Waals surface area (Å²) in [6.07, 6.45) is -4.57. The maximum Gasteiger partial charge on any atom is 0.416 e. The third-order valence-corrected chi connectivity index (χ3v) is 5.93. The standard InChI is InChI=1S/C26H21F3N4O2S/c1-16(34)31-25-33-21(15-36-25)14-30-19-8-10-20(11-9-19)32-24(35)23-13-18(26(27,28)29)7-12-22(23)17-5-3-2-4-6-17/h2-13,15,30H,14H2,1H3,(H,32,35)(H,31,33,34). The van der Waals surface area contributed by atoms with E-state index in [2.05, 4.69) is 20.9 Å². The highest BCUT2D eigenvalue weighted by atomic mass is 32.1. The number of anilines is 3. The number of carbonyl (C=O) groups excluding carboxylic acids is 2. The van der Waals surface area contributed by atoms with Crippen LogP contribution in [0.3, 0.4) is 0 Å². The van der Waals surface area contributed by atoms with Crippen molar-refractivity contribution in [1.29, 1.82) is 0 Å². The molecule has 0 aliphatic carbocycles. The van der Waals surface area contributed by atoms with Crippen molar-refractivity contribution < 1.29 is 22.8 Å². The van der Waals surface area contributed by atoms with Crippen LogP contribution in [0.15, 0.2) is 78.2 Å². The molecule has 0 unspecified atom stereocenters. The number of alkyl halides is 3. The Hall–Kier alpha value is -4.18. The van der Waals surface area contributed by atoms with Gasteiger partial charge in [0, 0.05) is 29.2 Å². The van der Waals surface area contributed by atoms with Crippen LogP contribution in [0.1, 0.15) is 28.5 Å². The molecule has 6 nitrogen and oxygen atoms in total. The van der Waals surface area contributed by atoms with E-state index in [0.717, 1.165) is 23.5 Å². The first-order chi connectivity index (χ1) is 17.2. The second-order valence-electron chi connectivity index (χ2n) is 7.83. The van der Waals surface area contributed by atoms with E-state index in [9.17, 15) is 22.8 Å². The lowest BCUT2D eigenvalue weighted by Crippen LogP contribution is -2.15. The number of aromatic nitrogens is 1. The lowest BCUT2D eigenvalue weighted by atomic mass is 9.96. The van der Waals surface area contributed by atoms with Gasteiger partial charge in [-0.1, -0.05) is 36.4 Å². The summed E-state index contributed by atoms with van der Waals surface area (Å²) in [5, 5.41) is 10.8. The molecular formula is C26H21F3N4O2S. The van der Waals surface area contributed by atoms with E-state index in [0.29, 0.717) is 28.5 Å². The molecule has 0 spiro atoms. The van der Waals surface area contributed by atoms with E-state index >= 15 is 0 Å². The van der Waals surface area contributed by atoms with Gasteiger partial charge in [-0.2, -0.15) is 13.2 Å². The molecule has 1 heterocycles. The lowest BCUT2D eigenvalue weighted by molar-refractivity contribution is -0.137. The molecule has 0 aliphatic heterocycles. The zero-order valence-electron chi connectivity index (χ0n) is 19.0. The summed E-state index contributed by atoms with van der Waals surface area (Å²) < 4.78 is 40.0. The lowest BCUT2D eigenvalue weighted by Gasteiger charge is -2.14. The Balaban J connectivity index is 1.47. The zero-order valence-corrected chi connectivity index (χ0v) is 19.8. The van der Waals surface area contributed by atoms with Gasteiger partial charge in [0.15, 0.2) is 5.13 Å². The molecule has 0 atom stereocenters. The SMILES string of the molecule is CC(=O)Nc1nc(CNc2ccc(NC(=O)c3cc(C(F)(F)F)ccc3-c3ccccc3)cc2)cs1. The highest BCUT2D eigenvalue weighted by molar-refractivity contribution is 7.13. The predicted octanol–water partition coefficient (Wildman–Crippen LogP) is 6.65. The monoisotopic (exact) mass is 510 g/mol. The Morgan fingerprint density at radius 2 is 1.61 bits per heavy atom. The van der Waals surface area contributed by atoms with Gasteiger partial charge < -0.3 is 16.0 Å². The summed E-state index contributed by atoms with van der Waals surface area (Å²) in [5.41, 5.74) is 2.02. The molecule has 0 fully saturated rings. The van der Waals surface area contributed by atoms with Crippen LogP contribution in [0.25, 0.3) is 11.1 Å². The van der Waals surface area contributed by atoms with Gasteiger partial charge in [-0.3, -0.25) is 9.59 Å². The van der Waals surface area contributed by atoms with Crippen molar-refractivity contribution in [3.63, 3.8) is 0 Å². The summed E-state index contributed by atoms with van der Waals surface area (Å²) in [4.78, 5) is 28.4. The van der Waals surface area contributed by atoms with Gasteiger partial charge in [-0.25, -0.2) is 4.98 Å². The number of halogens is 3. The fourth-order valence-corrected chi connectivity index (χ4v) is 4.19. The van der Waals surface area contributed by atoms with Crippen molar-refractivity contribution >= 4 is 39.7 Å². The molecule has 1 aromatic heterocycles. The van der Waals surface area contributed by atoms with Crippen LogP contribution < -0.4 is 16.0 Å². The van der Waals surface area contributed by atoms with Crippen LogP contribution in [0.2, 0.25) is 0 Å². The average Bonchev–Trinajstić information content (AvgIpc) is 3.29. The fraction of sp³-hybridized carbons (Fsp3) is 0.115. The number of nitrogens with one attached hydrogen (secondary N) is 3. The minimum Gasteiger partial charge on any atom is -0.379 e. The second-order valence-corrected chi connectivity index (χ2v) is 8.69. The van der Waals surface area contributed by atoms with Crippen molar-refractivity contribution in [1.82, 2.24) is 4.98 Å². The van der Waals surface area contributed by atoms with Crippen LogP contribution in [-0.2, 0) is 17.5 Å². The van der Waals surface area contributed by atoms with Crippen LogP contribution in [-0.4, -0.2) is 16.8 Å². The fourth-order valence-electron chi connectivity index (χ4n) is 3.44. The maximum absolute atomic E-state index is 13.3. The Kier molecular flexibility index (Phi) is 7.35. The Morgan fingerprint density at radius 1 is 0.917 bits per heavy atom. The molecule has 0 radical (unpaired) electrons. The average molecular weight is 511 g/mol. The summed E-state index contributed by atoms with van der Waals surface area (Å²) in [5.74, 6) is -0.837. The van der Waals surface area contributed by atoms with Gasteiger partial charge in [-0.15, -0.1) is 11.3 Å². The number of thiazole rings is 1. The topological polar surface area (TPSA) is 83.1 Å². The Bertz CT molecular complexity index is 1370. The molecule has 3 N–H and O–H groups in total. The Labute approximate surface area is 209 Å². The molecule has 3 aromatic carbocycles. The molecule has 36 heavy (non-hydrogen) atoms. The van der Waals surface area contributed by atoms with Gasteiger partial charge in [-0.05, 0) is 47.5 Å². The van der Waals surface area contributed by atoms with E-state index in [1.165, 1.54) is 24.3 Å². The number of nitrogens with zero attached hydrogens (tertiary/aromatic N) is 1. The summed E-state index contributed by atoms with van der Waals surface area (Å²) >= 11 is 1.32. The number of rotatable bonds is 7. The van der Waals surface area contributed by atoms with Gasteiger partial charge in [0.2, 0.25) is 5.91 Å². The van der Waals surface area contributed by atoms with Crippen molar-refractivity contribution in [3.8, 4) is 11.1 Å². The zero-order chi connectivity index (χ0) is 25.7. The minimum atomic E-state index is -4.57. The maximum atomic E-state index is 13.3. The molecule has 2 amide bonds. The largest absolute Gasteiger partial charge is 0.416 e. The van der Waals surface area contributed by atoms with E-state index in [4.69, 9.17) is 0 Å². The van der Waals surface area contributed by atoms with Gasteiger partial charge in [0.05, 0.1) is 17.8 Å². The molecule has 184 valence electrons. The van der Waals surface area contributed by atoms with Crippen molar-refractivity contribution in [2.75, 3.05) is 16.0 Å². The van der Waals surface area contributed by atoms with Crippen molar-refractivity contribution in [2.24, 2.45) is 0 Å². The van der Waals surface area contributed by atoms with Gasteiger partial charge in [0.1, 0.15) is 0 Å². The molecule has 4 rings (SSSR count). The number of amides is 2. The van der Waals surface area contributed by atoms with Crippen molar-refractivity contribution in [2.45, 2.75) is 19.6 Å². The smallest absolute Gasteiger partial charge is 0.379 e. The quantitative estimate of drug-likeness (QED) is 0.260. The van der Waals surface area contributed by atoms with Gasteiger partial charge in [0.25, 0.3) is 5.91 Å². The minimum absolute atomic E-state index is 0.0725. The summed E-state index contributed by atoms with van der Waals surface area (Å²) in [6.45, 7) is 1.83. The van der Waals surface area contributed by atoms with Crippen LogP contribution in [0.5, 0.6) is 0 Å². The number of hydrogen-bond acceptors (Lipinski definition) is 5. The normalized spacial score (nSPS) is 11.1. The highest BCUT2D eigenvalue weighted by Gasteiger charge is 2.32. The molecule has 4 aromatic rings. The highest BCUT2D eigenvalue weighted by Crippen LogP contribution is 2.34. The number of benzene rings is 3. The Morgan fingerprint density at radius 3 is 2.28 bits per heavy atom. The third-order valence-electron chi connectivity index (χ3n) is 5.13. The molecule has 0 bridgehead atoms. The third kappa shape index (κ3) is 6.28. The first-order valence-electron chi connectivity index (χ1n) is 10.8. The first kappa shape index (κ1) is 24.9. The molecule has 10 heteroatoms. The summed E-state index contributed by atoms with van der Waals surface area (Å²) in [6, 6.07) is 18.7. The number of hydrogen-bond donors (Lipinski definition) is 3. The molecule has 0 saturated heterocycles. The van der Waals surface area contributed by atoms with E-state index in [1.54, 1.807) is 54.6 Å². The van der Waals surface area contributed by atoms with Crippen LogP contribution in [0.4, 0.5) is 29.7 Å².